The fraction of sp³-hybridized carbons (Fsp3) is 0.261. The van der Waals surface area contributed by atoms with Crippen molar-refractivity contribution in [2.45, 2.75) is 24.7 Å². The predicted octanol–water partition coefficient (Wildman–Crippen LogP) is 3.36. The van der Waals surface area contributed by atoms with Gasteiger partial charge < -0.3 is 19.5 Å². The van der Waals surface area contributed by atoms with Crippen molar-refractivity contribution in [2.24, 2.45) is 0 Å². The number of hydrogen-bond acceptors (Lipinski definition) is 7. The lowest BCUT2D eigenvalue weighted by atomic mass is 9.96. The normalized spacial score (nSPS) is 18.1. The zero-order valence-electron chi connectivity index (χ0n) is 18.8. The topological polar surface area (TPSA) is 116 Å². The van der Waals surface area contributed by atoms with Crippen LogP contribution in [0.4, 0.5) is 19.0 Å². The molecule has 0 bridgehead atoms. The number of methoxy groups -OCH3 is 1. The molecule has 3 N–H and O–H groups in total. The molecule has 10 nitrogen and oxygen atoms in total. The van der Waals surface area contributed by atoms with Gasteiger partial charge in [-0.05, 0) is 42.0 Å². The molecule has 13 heteroatoms. The quantitative estimate of drug-likeness (QED) is 0.468. The van der Waals surface area contributed by atoms with Crippen LogP contribution in [0.15, 0.2) is 48.5 Å². The minimum absolute atomic E-state index is 0.0119. The SMILES string of the molecule is COc1ccc(C(=O)NNC(=O)c2cc3n(n2)[C@H](C(F)(F)F)C[C@H](c2ccc4c(c2)OCO4)N3)cc1. The van der Waals surface area contributed by atoms with Crippen LogP contribution in [0.2, 0.25) is 0 Å². The molecular weight excluding hydrogens is 483 g/mol. The molecule has 0 saturated heterocycles. The zero-order valence-corrected chi connectivity index (χ0v) is 18.8. The van der Waals surface area contributed by atoms with Crippen molar-refractivity contribution in [1.29, 1.82) is 0 Å². The number of alkyl halides is 3. The van der Waals surface area contributed by atoms with Gasteiger partial charge in [-0.25, -0.2) is 4.68 Å². The van der Waals surface area contributed by atoms with E-state index in [-0.39, 0.29) is 30.3 Å². The van der Waals surface area contributed by atoms with Crippen LogP contribution < -0.4 is 30.4 Å². The predicted molar refractivity (Wildman–Crippen MR) is 119 cm³/mol. The van der Waals surface area contributed by atoms with Gasteiger partial charge in [0.15, 0.2) is 23.2 Å². The molecule has 2 aliphatic rings. The van der Waals surface area contributed by atoms with Gasteiger partial charge in [0, 0.05) is 18.1 Å². The maximum absolute atomic E-state index is 13.9. The van der Waals surface area contributed by atoms with Crippen LogP contribution in [0.1, 0.15) is 44.9 Å². The number of aromatic nitrogens is 2. The van der Waals surface area contributed by atoms with Crippen LogP contribution in [0, 0.1) is 0 Å². The number of hydrogen-bond donors (Lipinski definition) is 3. The summed E-state index contributed by atoms with van der Waals surface area (Å²) >= 11 is 0. The second-order valence-electron chi connectivity index (χ2n) is 8.10. The Morgan fingerprint density at radius 2 is 1.78 bits per heavy atom. The van der Waals surface area contributed by atoms with Gasteiger partial charge in [-0.2, -0.15) is 18.3 Å². The van der Waals surface area contributed by atoms with Gasteiger partial charge in [0.1, 0.15) is 11.6 Å². The Bertz CT molecular complexity index is 1310. The standard InChI is InChI=1S/C23H20F3N5O5/c1-34-14-5-2-12(3-6-14)21(32)28-29-22(33)16-10-20-27-15(9-19(23(24,25)26)31(20)30-16)13-4-7-17-18(8-13)36-11-35-17/h2-8,10,15,19,27H,9,11H2,1H3,(H,28,32)(H,29,33)/t15-,19+/m1/s1. The summed E-state index contributed by atoms with van der Waals surface area (Å²) in [7, 11) is 1.48. The average Bonchev–Trinajstić information content (AvgIpc) is 3.52. The number of carbonyl (C=O) groups is 2. The second kappa shape index (κ2) is 8.98. The van der Waals surface area contributed by atoms with Crippen molar-refractivity contribution in [1.82, 2.24) is 20.6 Å². The van der Waals surface area contributed by atoms with Crippen LogP contribution in [0.3, 0.4) is 0 Å². The van der Waals surface area contributed by atoms with E-state index >= 15 is 0 Å². The highest BCUT2D eigenvalue weighted by molar-refractivity contribution is 5.98. The molecule has 0 fully saturated rings. The van der Waals surface area contributed by atoms with Crippen molar-refractivity contribution in [3.63, 3.8) is 0 Å². The molecule has 3 aromatic rings. The lowest BCUT2D eigenvalue weighted by Gasteiger charge is -2.33. The van der Waals surface area contributed by atoms with Crippen LogP contribution in [0.5, 0.6) is 17.2 Å². The highest BCUT2D eigenvalue weighted by atomic mass is 19.4. The maximum Gasteiger partial charge on any atom is 0.410 e. The van der Waals surface area contributed by atoms with Gasteiger partial charge in [0.2, 0.25) is 6.79 Å². The van der Waals surface area contributed by atoms with Crippen LogP contribution in [-0.4, -0.2) is 41.7 Å². The highest BCUT2D eigenvalue weighted by Gasteiger charge is 2.47. The lowest BCUT2D eigenvalue weighted by Crippen LogP contribution is -2.42. The van der Waals surface area contributed by atoms with Crippen LogP contribution >= 0.6 is 0 Å². The summed E-state index contributed by atoms with van der Waals surface area (Å²) in [6, 6.07) is 9.55. The number of nitrogens with one attached hydrogen (secondary N) is 3. The van der Waals surface area contributed by atoms with Crippen molar-refractivity contribution >= 4 is 17.6 Å². The van der Waals surface area contributed by atoms with Crippen LogP contribution in [-0.2, 0) is 0 Å². The number of anilines is 1. The van der Waals surface area contributed by atoms with E-state index in [9.17, 15) is 22.8 Å². The molecule has 1 aromatic heterocycles. The van der Waals surface area contributed by atoms with Gasteiger partial charge in [-0.15, -0.1) is 0 Å². The number of fused-ring (bicyclic) bond motifs is 2. The van der Waals surface area contributed by atoms with E-state index < -0.39 is 30.1 Å². The van der Waals surface area contributed by atoms with Crippen molar-refractivity contribution in [3.8, 4) is 17.2 Å². The molecule has 5 rings (SSSR count). The number of benzene rings is 2. The molecule has 3 heterocycles. The molecule has 0 aliphatic carbocycles. The fourth-order valence-electron chi connectivity index (χ4n) is 4.03. The largest absolute Gasteiger partial charge is 0.497 e. The Labute approximate surface area is 202 Å². The molecule has 2 aromatic carbocycles. The minimum atomic E-state index is -4.62. The third-order valence-electron chi connectivity index (χ3n) is 5.86. The van der Waals surface area contributed by atoms with E-state index in [1.807, 2.05) is 0 Å². The molecule has 188 valence electrons. The summed E-state index contributed by atoms with van der Waals surface area (Å²) in [6.07, 6.45) is -4.97. The van der Waals surface area contributed by atoms with Crippen molar-refractivity contribution in [3.05, 3.63) is 65.4 Å². The molecule has 0 radical (unpaired) electrons. The summed E-state index contributed by atoms with van der Waals surface area (Å²) in [6.45, 7) is 0.0440. The Morgan fingerprint density at radius 3 is 2.50 bits per heavy atom. The van der Waals surface area contributed by atoms with Gasteiger partial charge in [-0.1, -0.05) is 6.07 Å². The average molecular weight is 503 g/mol. The molecule has 0 saturated carbocycles. The monoisotopic (exact) mass is 503 g/mol. The van der Waals surface area contributed by atoms with Crippen molar-refractivity contribution in [2.75, 3.05) is 19.2 Å². The van der Waals surface area contributed by atoms with Gasteiger partial charge in [-0.3, -0.25) is 20.4 Å². The Morgan fingerprint density at radius 1 is 1.06 bits per heavy atom. The third kappa shape index (κ3) is 4.46. The number of halogens is 3. The van der Waals surface area contributed by atoms with Gasteiger partial charge in [0.05, 0.1) is 13.2 Å². The first-order valence-corrected chi connectivity index (χ1v) is 10.8. The van der Waals surface area contributed by atoms with Crippen LogP contribution in [0.25, 0.3) is 0 Å². The van der Waals surface area contributed by atoms with E-state index in [0.717, 1.165) is 4.68 Å². The summed E-state index contributed by atoms with van der Waals surface area (Å²) < 4.78 is 58.2. The molecule has 2 amide bonds. The first-order chi connectivity index (χ1) is 17.2. The molecule has 36 heavy (non-hydrogen) atoms. The first kappa shape index (κ1) is 23.3. The van der Waals surface area contributed by atoms with E-state index in [0.29, 0.717) is 22.8 Å². The number of nitrogens with zero attached hydrogens (tertiary/aromatic N) is 2. The number of hydrazine groups is 1. The fourth-order valence-corrected chi connectivity index (χ4v) is 4.03. The lowest BCUT2D eigenvalue weighted by molar-refractivity contribution is -0.173. The zero-order chi connectivity index (χ0) is 25.4. The molecule has 0 unspecified atom stereocenters. The number of amides is 2. The minimum Gasteiger partial charge on any atom is -0.497 e. The van der Waals surface area contributed by atoms with E-state index in [2.05, 4.69) is 21.3 Å². The highest BCUT2D eigenvalue weighted by Crippen LogP contribution is 2.45. The van der Waals surface area contributed by atoms with Gasteiger partial charge in [0.25, 0.3) is 11.8 Å². The van der Waals surface area contributed by atoms with E-state index in [1.54, 1.807) is 30.3 Å². The third-order valence-corrected chi connectivity index (χ3v) is 5.86. The first-order valence-electron chi connectivity index (χ1n) is 10.8. The molecule has 2 aliphatic heterocycles. The van der Waals surface area contributed by atoms with E-state index in [1.165, 1.54) is 25.3 Å². The van der Waals surface area contributed by atoms with Gasteiger partial charge >= 0.3 is 6.18 Å². The number of carbonyl (C=O) groups excluding carboxylic acids is 2. The Balaban J connectivity index is 1.33. The maximum atomic E-state index is 13.9. The summed E-state index contributed by atoms with van der Waals surface area (Å²) in [5, 5.41) is 6.88. The van der Waals surface area contributed by atoms with E-state index in [4.69, 9.17) is 14.2 Å². The summed E-state index contributed by atoms with van der Waals surface area (Å²) in [5.74, 6) is 0.0281. The van der Waals surface area contributed by atoms with Crippen molar-refractivity contribution < 1.29 is 37.0 Å². The molecular formula is C23H20F3N5O5. The molecule has 2 atom stereocenters. The summed E-state index contributed by atoms with van der Waals surface area (Å²) in [5.41, 5.74) is 4.90. The number of rotatable bonds is 4. The summed E-state index contributed by atoms with van der Waals surface area (Å²) in [4.78, 5) is 24.8. The Kier molecular flexibility index (Phi) is 5.82. The smallest absolute Gasteiger partial charge is 0.410 e. The second-order valence-corrected chi connectivity index (χ2v) is 8.10. The Hall–Kier alpha value is -4.42. The number of ether oxygens (including phenoxy) is 3. The molecule has 0 spiro atoms.